The molecule has 1 heterocycles. The summed E-state index contributed by atoms with van der Waals surface area (Å²) in [5, 5.41) is 2.37. The lowest BCUT2D eigenvalue weighted by Crippen LogP contribution is -2.21. The highest BCUT2D eigenvalue weighted by Gasteiger charge is 2.30. The van der Waals surface area contributed by atoms with Crippen LogP contribution in [-0.2, 0) is 10.8 Å². The van der Waals surface area contributed by atoms with E-state index in [2.05, 4.69) is 60.8 Å². The monoisotopic (exact) mass is 238 g/mol. The third-order valence-electron chi connectivity index (χ3n) is 2.87. The predicted molar refractivity (Wildman–Crippen MR) is 75.8 cm³/mol. The molecular formula is C15H26S. The molecule has 16 heavy (non-hydrogen) atoms. The van der Waals surface area contributed by atoms with E-state index in [1.165, 1.54) is 0 Å². The van der Waals surface area contributed by atoms with Gasteiger partial charge in [-0.3, -0.25) is 0 Å². The maximum absolute atomic E-state index is 2.37. The normalized spacial score (nSPS) is 13.6. The molecule has 0 nitrogen and oxygen atoms in total. The Hall–Kier alpha value is -0.300. The Morgan fingerprint density at radius 1 is 0.938 bits per heavy atom. The Labute approximate surface area is 105 Å². The number of rotatable bonds is 1. The van der Waals surface area contributed by atoms with Crippen molar-refractivity contribution in [1.82, 2.24) is 0 Å². The van der Waals surface area contributed by atoms with Crippen molar-refractivity contribution in [2.24, 2.45) is 0 Å². The molecule has 1 aromatic heterocycles. The van der Waals surface area contributed by atoms with Gasteiger partial charge in [-0.25, -0.2) is 0 Å². The average molecular weight is 238 g/mol. The minimum absolute atomic E-state index is 0.252. The van der Waals surface area contributed by atoms with Gasteiger partial charge in [0.05, 0.1) is 0 Å². The van der Waals surface area contributed by atoms with Gasteiger partial charge < -0.3 is 0 Å². The van der Waals surface area contributed by atoms with E-state index in [1.54, 1.807) is 16.0 Å². The van der Waals surface area contributed by atoms with Crippen LogP contribution in [0.25, 0.3) is 0 Å². The standard InChI is InChI=1S/C15H26S/c1-10(2)11-9-16-13(15(6,7)8)12(11)14(3,4)5/h9-10H,1-8H3. The van der Waals surface area contributed by atoms with Crippen molar-refractivity contribution in [3.8, 4) is 0 Å². The molecule has 1 aromatic rings. The first-order chi connectivity index (χ1) is 7.05. The van der Waals surface area contributed by atoms with E-state index in [-0.39, 0.29) is 10.8 Å². The van der Waals surface area contributed by atoms with Gasteiger partial charge in [0.2, 0.25) is 0 Å². The molecule has 0 bridgehead atoms. The van der Waals surface area contributed by atoms with E-state index < -0.39 is 0 Å². The number of hydrogen-bond donors (Lipinski definition) is 0. The fourth-order valence-corrected chi connectivity index (χ4v) is 3.65. The second-order valence-corrected chi connectivity index (χ2v) is 7.93. The molecule has 0 N–H and O–H groups in total. The van der Waals surface area contributed by atoms with E-state index in [0.717, 1.165) is 0 Å². The minimum atomic E-state index is 0.252. The summed E-state index contributed by atoms with van der Waals surface area (Å²) in [5.74, 6) is 0.626. The summed E-state index contributed by atoms with van der Waals surface area (Å²) in [6.07, 6.45) is 0. The smallest absolute Gasteiger partial charge is 0.0139 e. The number of hydrogen-bond acceptors (Lipinski definition) is 1. The zero-order valence-corrected chi connectivity index (χ0v) is 12.9. The summed E-state index contributed by atoms with van der Waals surface area (Å²) in [6.45, 7) is 18.5. The lowest BCUT2D eigenvalue weighted by atomic mass is 9.77. The van der Waals surface area contributed by atoms with Crippen molar-refractivity contribution in [3.63, 3.8) is 0 Å². The Morgan fingerprint density at radius 3 is 1.75 bits per heavy atom. The van der Waals surface area contributed by atoms with Crippen molar-refractivity contribution in [2.75, 3.05) is 0 Å². The van der Waals surface area contributed by atoms with Crippen LogP contribution < -0.4 is 0 Å². The van der Waals surface area contributed by atoms with Crippen LogP contribution in [0.1, 0.15) is 77.3 Å². The maximum atomic E-state index is 2.37. The Kier molecular flexibility index (Phi) is 3.59. The molecular weight excluding hydrogens is 212 g/mol. The van der Waals surface area contributed by atoms with Crippen LogP contribution in [0.15, 0.2) is 5.38 Å². The summed E-state index contributed by atoms with van der Waals surface area (Å²) in [4.78, 5) is 1.56. The molecule has 0 fully saturated rings. The van der Waals surface area contributed by atoms with Gasteiger partial charge in [0.25, 0.3) is 0 Å². The summed E-state index contributed by atoms with van der Waals surface area (Å²) in [5.41, 5.74) is 3.64. The molecule has 0 aliphatic heterocycles. The molecule has 0 saturated heterocycles. The molecule has 0 aromatic carbocycles. The van der Waals surface area contributed by atoms with Crippen molar-refractivity contribution in [2.45, 2.75) is 72.1 Å². The minimum Gasteiger partial charge on any atom is -0.148 e. The van der Waals surface area contributed by atoms with Gasteiger partial charge in [0.15, 0.2) is 0 Å². The third kappa shape index (κ3) is 2.68. The van der Waals surface area contributed by atoms with Crippen LogP contribution in [0.4, 0.5) is 0 Å². The maximum Gasteiger partial charge on any atom is 0.0139 e. The average Bonchev–Trinajstić information content (AvgIpc) is 2.43. The second-order valence-electron chi connectivity index (χ2n) is 7.05. The van der Waals surface area contributed by atoms with Crippen molar-refractivity contribution < 1.29 is 0 Å². The van der Waals surface area contributed by atoms with E-state index in [4.69, 9.17) is 0 Å². The Bertz CT molecular complexity index is 356. The molecule has 0 radical (unpaired) electrons. The van der Waals surface area contributed by atoms with Gasteiger partial charge in [-0.15, -0.1) is 11.3 Å². The second kappa shape index (κ2) is 4.18. The van der Waals surface area contributed by atoms with Crippen LogP contribution >= 0.6 is 11.3 Å². The zero-order valence-electron chi connectivity index (χ0n) is 12.1. The van der Waals surface area contributed by atoms with Crippen molar-refractivity contribution in [3.05, 3.63) is 21.4 Å². The molecule has 92 valence electrons. The third-order valence-corrected chi connectivity index (χ3v) is 4.30. The van der Waals surface area contributed by atoms with Crippen LogP contribution in [-0.4, -0.2) is 0 Å². The Balaban J connectivity index is 3.44. The number of thiophene rings is 1. The molecule has 0 amide bonds. The van der Waals surface area contributed by atoms with Gasteiger partial charge in [-0.1, -0.05) is 55.4 Å². The highest BCUT2D eigenvalue weighted by Crippen LogP contribution is 2.42. The van der Waals surface area contributed by atoms with Gasteiger partial charge in [0, 0.05) is 4.88 Å². The summed E-state index contributed by atoms with van der Waals surface area (Å²) in [7, 11) is 0. The predicted octanol–water partition coefficient (Wildman–Crippen LogP) is 5.47. The fraction of sp³-hybridized carbons (Fsp3) is 0.733. The van der Waals surface area contributed by atoms with E-state index in [9.17, 15) is 0 Å². The van der Waals surface area contributed by atoms with Gasteiger partial charge >= 0.3 is 0 Å². The first-order valence-electron chi connectivity index (χ1n) is 6.17. The lowest BCUT2D eigenvalue weighted by Gasteiger charge is -2.28. The van der Waals surface area contributed by atoms with Gasteiger partial charge in [-0.05, 0) is 33.3 Å². The summed E-state index contributed by atoms with van der Waals surface area (Å²) in [6, 6.07) is 0. The largest absolute Gasteiger partial charge is 0.148 e. The first-order valence-corrected chi connectivity index (χ1v) is 7.05. The van der Waals surface area contributed by atoms with Crippen molar-refractivity contribution >= 4 is 11.3 Å². The molecule has 1 rings (SSSR count). The molecule has 0 unspecified atom stereocenters. The molecule has 0 atom stereocenters. The van der Waals surface area contributed by atoms with Crippen LogP contribution in [0.2, 0.25) is 0 Å². The zero-order chi connectivity index (χ0) is 12.7. The first kappa shape index (κ1) is 13.8. The summed E-state index contributed by atoms with van der Waals surface area (Å²) < 4.78 is 0. The molecule has 0 spiro atoms. The quantitative estimate of drug-likeness (QED) is 0.609. The molecule has 0 aliphatic rings. The fourth-order valence-electron chi connectivity index (χ4n) is 2.12. The summed E-state index contributed by atoms with van der Waals surface area (Å²) >= 11 is 1.94. The molecule has 0 saturated carbocycles. The molecule has 0 aliphatic carbocycles. The molecule has 1 heteroatoms. The SMILES string of the molecule is CC(C)c1csc(C(C)(C)C)c1C(C)(C)C. The van der Waals surface area contributed by atoms with Crippen molar-refractivity contribution in [1.29, 1.82) is 0 Å². The van der Waals surface area contributed by atoms with Gasteiger partial charge in [-0.2, -0.15) is 0 Å². The highest BCUT2D eigenvalue weighted by molar-refractivity contribution is 7.10. The van der Waals surface area contributed by atoms with E-state index in [1.807, 2.05) is 11.3 Å². The van der Waals surface area contributed by atoms with Crippen LogP contribution in [0, 0.1) is 0 Å². The van der Waals surface area contributed by atoms with Crippen LogP contribution in [0.3, 0.4) is 0 Å². The highest BCUT2D eigenvalue weighted by atomic mass is 32.1. The van der Waals surface area contributed by atoms with E-state index in [0.29, 0.717) is 5.92 Å². The Morgan fingerprint density at radius 2 is 1.44 bits per heavy atom. The van der Waals surface area contributed by atoms with E-state index >= 15 is 0 Å². The van der Waals surface area contributed by atoms with Crippen LogP contribution in [0.5, 0.6) is 0 Å². The van der Waals surface area contributed by atoms with Gasteiger partial charge in [0.1, 0.15) is 0 Å². The lowest BCUT2D eigenvalue weighted by molar-refractivity contribution is 0.534. The topological polar surface area (TPSA) is 0 Å².